The zero-order valence-electron chi connectivity index (χ0n) is 12.6. The molecule has 0 saturated heterocycles. The SMILES string of the molecule is CCc1cc(CN(CC(=O)OC)C(C)C)n(CC)n1. The van der Waals surface area contributed by atoms with Crippen LogP contribution in [-0.2, 0) is 29.0 Å². The summed E-state index contributed by atoms with van der Waals surface area (Å²) in [5.74, 6) is -0.202. The number of hydrogen-bond acceptors (Lipinski definition) is 4. The second kappa shape index (κ2) is 7.28. The Hall–Kier alpha value is -1.36. The van der Waals surface area contributed by atoms with Gasteiger partial charge >= 0.3 is 5.97 Å². The van der Waals surface area contributed by atoms with Crippen LogP contribution in [0.25, 0.3) is 0 Å². The Labute approximate surface area is 115 Å². The molecular weight excluding hydrogens is 242 g/mol. The largest absolute Gasteiger partial charge is 0.468 e. The Kier molecular flexibility index (Phi) is 6.02. The lowest BCUT2D eigenvalue weighted by Crippen LogP contribution is -2.36. The standard InChI is InChI=1S/C14H25N3O2/c1-6-12-8-13(17(7-2)15-12)9-16(11(3)4)10-14(18)19-5/h8,11H,6-7,9-10H2,1-5H3. The van der Waals surface area contributed by atoms with E-state index in [-0.39, 0.29) is 12.0 Å². The number of esters is 1. The molecule has 0 bridgehead atoms. The molecule has 5 heteroatoms. The lowest BCUT2D eigenvalue weighted by atomic mass is 10.2. The minimum atomic E-state index is -0.202. The first-order valence-electron chi connectivity index (χ1n) is 6.88. The molecule has 108 valence electrons. The highest BCUT2D eigenvalue weighted by Gasteiger charge is 2.17. The van der Waals surface area contributed by atoms with Crippen molar-refractivity contribution in [1.82, 2.24) is 14.7 Å². The Morgan fingerprint density at radius 3 is 2.63 bits per heavy atom. The van der Waals surface area contributed by atoms with Gasteiger partial charge in [0.15, 0.2) is 0 Å². The monoisotopic (exact) mass is 267 g/mol. The van der Waals surface area contributed by atoms with Gasteiger partial charge < -0.3 is 4.74 Å². The van der Waals surface area contributed by atoms with Crippen LogP contribution < -0.4 is 0 Å². The number of hydrogen-bond donors (Lipinski definition) is 0. The maximum absolute atomic E-state index is 11.4. The predicted molar refractivity (Wildman–Crippen MR) is 74.8 cm³/mol. The first kappa shape index (κ1) is 15.7. The van der Waals surface area contributed by atoms with Crippen LogP contribution in [0.1, 0.15) is 39.1 Å². The number of aryl methyl sites for hydroxylation is 2. The van der Waals surface area contributed by atoms with Crippen molar-refractivity contribution in [2.45, 2.75) is 53.2 Å². The fraction of sp³-hybridized carbons (Fsp3) is 0.714. The van der Waals surface area contributed by atoms with E-state index in [1.54, 1.807) is 0 Å². The molecule has 0 fully saturated rings. The minimum absolute atomic E-state index is 0.202. The highest BCUT2D eigenvalue weighted by atomic mass is 16.5. The van der Waals surface area contributed by atoms with Crippen molar-refractivity contribution in [3.63, 3.8) is 0 Å². The van der Waals surface area contributed by atoms with E-state index in [1.807, 2.05) is 4.68 Å². The molecule has 0 spiro atoms. The third-order valence-electron chi connectivity index (χ3n) is 3.23. The molecule has 1 rings (SSSR count). The fourth-order valence-corrected chi connectivity index (χ4v) is 1.95. The van der Waals surface area contributed by atoms with Gasteiger partial charge in [0.2, 0.25) is 0 Å². The van der Waals surface area contributed by atoms with Crippen LogP contribution in [0.3, 0.4) is 0 Å². The topological polar surface area (TPSA) is 47.4 Å². The van der Waals surface area contributed by atoms with Crippen molar-refractivity contribution in [2.75, 3.05) is 13.7 Å². The maximum atomic E-state index is 11.4. The van der Waals surface area contributed by atoms with E-state index in [0.29, 0.717) is 13.1 Å². The molecule has 0 aliphatic rings. The summed E-state index contributed by atoms with van der Waals surface area (Å²) in [5, 5.41) is 4.53. The molecule has 0 radical (unpaired) electrons. The Morgan fingerprint density at radius 2 is 2.16 bits per heavy atom. The van der Waals surface area contributed by atoms with E-state index in [9.17, 15) is 4.79 Å². The van der Waals surface area contributed by atoms with E-state index in [4.69, 9.17) is 4.74 Å². The Bertz CT molecular complexity index is 413. The van der Waals surface area contributed by atoms with Crippen molar-refractivity contribution < 1.29 is 9.53 Å². The molecule has 1 heterocycles. The van der Waals surface area contributed by atoms with Crippen molar-refractivity contribution in [3.8, 4) is 0 Å². The predicted octanol–water partition coefficient (Wildman–Crippen LogP) is 1.85. The lowest BCUT2D eigenvalue weighted by Gasteiger charge is -2.25. The van der Waals surface area contributed by atoms with Gasteiger partial charge in [-0.3, -0.25) is 14.4 Å². The van der Waals surface area contributed by atoms with Crippen LogP contribution in [0.4, 0.5) is 0 Å². The third kappa shape index (κ3) is 4.35. The van der Waals surface area contributed by atoms with Crippen LogP contribution in [0, 0.1) is 0 Å². The highest BCUT2D eigenvalue weighted by molar-refractivity contribution is 5.71. The summed E-state index contributed by atoms with van der Waals surface area (Å²) in [4.78, 5) is 13.5. The van der Waals surface area contributed by atoms with Crippen molar-refractivity contribution in [3.05, 3.63) is 17.5 Å². The average molecular weight is 267 g/mol. The van der Waals surface area contributed by atoms with Crippen molar-refractivity contribution in [1.29, 1.82) is 0 Å². The molecule has 0 saturated carbocycles. The van der Waals surface area contributed by atoms with Crippen LogP contribution in [0.2, 0.25) is 0 Å². The fourth-order valence-electron chi connectivity index (χ4n) is 1.95. The van der Waals surface area contributed by atoms with Gasteiger partial charge in [0.1, 0.15) is 0 Å². The molecule has 5 nitrogen and oxygen atoms in total. The zero-order chi connectivity index (χ0) is 14.4. The van der Waals surface area contributed by atoms with E-state index in [1.165, 1.54) is 7.11 Å². The molecule has 0 aliphatic heterocycles. The van der Waals surface area contributed by atoms with Crippen LogP contribution >= 0.6 is 0 Å². The molecule has 0 amide bonds. The Morgan fingerprint density at radius 1 is 1.47 bits per heavy atom. The maximum Gasteiger partial charge on any atom is 0.319 e. The highest BCUT2D eigenvalue weighted by Crippen LogP contribution is 2.11. The van der Waals surface area contributed by atoms with Gasteiger partial charge in [-0.2, -0.15) is 5.10 Å². The zero-order valence-corrected chi connectivity index (χ0v) is 12.6. The molecule has 0 atom stereocenters. The average Bonchev–Trinajstić information content (AvgIpc) is 2.79. The molecule has 0 aliphatic carbocycles. The smallest absolute Gasteiger partial charge is 0.319 e. The first-order valence-corrected chi connectivity index (χ1v) is 6.88. The van der Waals surface area contributed by atoms with Gasteiger partial charge in [0.25, 0.3) is 0 Å². The number of nitrogens with zero attached hydrogens (tertiary/aromatic N) is 3. The quantitative estimate of drug-likeness (QED) is 0.707. The number of carbonyl (C=O) groups excluding carboxylic acids is 1. The molecule has 0 unspecified atom stereocenters. The van der Waals surface area contributed by atoms with Crippen molar-refractivity contribution >= 4 is 5.97 Å². The minimum Gasteiger partial charge on any atom is -0.468 e. The summed E-state index contributed by atoms with van der Waals surface area (Å²) < 4.78 is 6.75. The van der Waals surface area contributed by atoms with Crippen LogP contribution in [0.5, 0.6) is 0 Å². The van der Waals surface area contributed by atoms with E-state index < -0.39 is 0 Å². The second-order valence-electron chi connectivity index (χ2n) is 4.87. The van der Waals surface area contributed by atoms with Gasteiger partial charge in [-0.05, 0) is 33.3 Å². The molecule has 1 aromatic heterocycles. The molecule has 1 aromatic rings. The van der Waals surface area contributed by atoms with Gasteiger partial charge in [0.05, 0.1) is 25.0 Å². The van der Waals surface area contributed by atoms with E-state index in [2.05, 4.69) is 43.8 Å². The molecular formula is C14H25N3O2. The number of aromatic nitrogens is 2. The third-order valence-corrected chi connectivity index (χ3v) is 3.23. The molecule has 0 N–H and O–H groups in total. The normalized spacial score (nSPS) is 11.3. The lowest BCUT2D eigenvalue weighted by molar-refractivity contribution is -0.142. The first-order chi connectivity index (χ1) is 9.01. The van der Waals surface area contributed by atoms with Crippen LogP contribution in [0.15, 0.2) is 6.07 Å². The summed E-state index contributed by atoms with van der Waals surface area (Å²) in [6.45, 7) is 10.2. The van der Waals surface area contributed by atoms with Gasteiger partial charge in [-0.15, -0.1) is 0 Å². The summed E-state index contributed by atoms with van der Waals surface area (Å²) >= 11 is 0. The van der Waals surface area contributed by atoms with Gasteiger partial charge in [-0.25, -0.2) is 0 Å². The number of ether oxygens (including phenoxy) is 1. The summed E-state index contributed by atoms with van der Waals surface area (Å²) in [7, 11) is 1.42. The van der Waals surface area contributed by atoms with E-state index in [0.717, 1.165) is 24.4 Å². The van der Waals surface area contributed by atoms with E-state index >= 15 is 0 Å². The summed E-state index contributed by atoms with van der Waals surface area (Å²) in [6.07, 6.45) is 0.929. The van der Waals surface area contributed by atoms with Gasteiger partial charge in [0, 0.05) is 19.1 Å². The van der Waals surface area contributed by atoms with Gasteiger partial charge in [-0.1, -0.05) is 6.92 Å². The number of carbonyl (C=O) groups is 1. The molecule has 0 aromatic carbocycles. The number of methoxy groups -OCH3 is 1. The second-order valence-corrected chi connectivity index (χ2v) is 4.87. The van der Waals surface area contributed by atoms with Crippen LogP contribution in [-0.4, -0.2) is 40.3 Å². The summed E-state index contributed by atoms with van der Waals surface area (Å²) in [5.41, 5.74) is 2.25. The van der Waals surface area contributed by atoms with Crippen molar-refractivity contribution in [2.24, 2.45) is 0 Å². The Balaban J connectivity index is 2.83. The summed E-state index contributed by atoms with van der Waals surface area (Å²) in [6, 6.07) is 2.40. The molecule has 19 heavy (non-hydrogen) atoms. The number of rotatable bonds is 7.